The van der Waals surface area contributed by atoms with Crippen LogP contribution in [-0.4, -0.2) is 36.9 Å². The van der Waals surface area contributed by atoms with E-state index in [-0.39, 0.29) is 23.8 Å². The van der Waals surface area contributed by atoms with Gasteiger partial charge in [-0.2, -0.15) is 0 Å². The number of amides is 1. The van der Waals surface area contributed by atoms with Crippen molar-refractivity contribution in [2.45, 2.75) is 13.5 Å². The van der Waals surface area contributed by atoms with Gasteiger partial charge in [0.25, 0.3) is 5.91 Å². The van der Waals surface area contributed by atoms with Gasteiger partial charge in [0.1, 0.15) is 19.5 Å². The quantitative estimate of drug-likeness (QED) is 0.586. The second-order valence-corrected chi connectivity index (χ2v) is 5.43. The zero-order chi connectivity index (χ0) is 19.1. The molecule has 2 aromatic carbocycles. The number of likely N-dealkylation sites (N-methyl/N-ethyl adjacent to an activating group) is 1. The van der Waals surface area contributed by atoms with Crippen LogP contribution in [0.5, 0.6) is 5.75 Å². The highest BCUT2D eigenvalue weighted by Gasteiger charge is 2.17. The zero-order valence-corrected chi connectivity index (χ0v) is 14.8. The van der Waals surface area contributed by atoms with Gasteiger partial charge in [0.15, 0.2) is 5.71 Å². The summed E-state index contributed by atoms with van der Waals surface area (Å²) in [4.78, 5) is 28.0. The molecule has 2 aromatic rings. The third kappa shape index (κ3) is 4.38. The molecule has 0 heterocycles. The van der Waals surface area contributed by atoms with Gasteiger partial charge in [-0.05, 0) is 30.2 Å². The van der Waals surface area contributed by atoms with Gasteiger partial charge in [0.05, 0.1) is 5.56 Å². The Kier molecular flexibility index (Phi) is 6.32. The molecule has 0 radical (unpaired) electrons. The van der Waals surface area contributed by atoms with Gasteiger partial charge >= 0.3 is 5.97 Å². The number of hydrogen-bond acceptors (Lipinski definition) is 5. The Morgan fingerprint density at radius 2 is 1.92 bits per heavy atom. The summed E-state index contributed by atoms with van der Waals surface area (Å²) in [6.07, 6.45) is 0. The summed E-state index contributed by atoms with van der Waals surface area (Å²) in [6.45, 7) is 1.97. The number of oxime groups is 1. The average molecular weight is 356 g/mol. The van der Waals surface area contributed by atoms with Gasteiger partial charge in [-0.1, -0.05) is 35.5 Å². The molecule has 0 aliphatic rings. The van der Waals surface area contributed by atoms with Crippen molar-refractivity contribution < 1.29 is 24.3 Å². The number of rotatable bonds is 7. The summed E-state index contributed by atoms with van der Waals surface area (Å²) >= 11 is 0. The lowest BCUT2D eigenvalue weighted by molar-refractivity contribution is -0.114. The molecular weight excluding hydrogens is 336 g/mol. The zero-order valence-electron chi connectivity index (χ0n) is 14.8. The molecular formula is C19H20N2O5. The van der Waals surface area contributed by atoms with Crippen molar-refractivity contribution in [1.29, 1.82) is 0 Å². The first-order chi connectivity index (χ1) is 12.5. The van der Waals surface area contributed by atoms with Crippen LogP contribution < -0.4 is 10.1 Å². The van der Waals surface area contributed by atoms with Crippen LogP contribution in [0.3, 0.4) is 0 Å². The monoisotopic (exact) mass is 356 g/mol. The van der Waals surface area contributed by atoms with E-state index in [2.05, 4.69) is 10.5 Å². The summed E-state index contributed by atoms with van der Waals surface area (Å²) in [5.74, 6) is -0.947. The highest BCUT2D eigenvalue weighted by molar-refractivity contribution is 6.45. The van der Waals surface area contributed by atoms with E-state index in [0.717, 1.165) is 5.56 Å². The van der Waals surface area contributed by atoms with E-state index in [0.29, 0.717) is 16.9 Å². The maximum absolute atomic E-state index is 12.1. The molecule has 26 heavy (non-hydrogen) atoms. The van der Waals surface area contributed by atoms with Gasteiger partial charge in [-0.15, -0.1) is 0 Å². The van der Waals surface area contributed by atoms with E-state index in [4.69, 9.17) is 14.7 Å². The molecule has 0 aromatic heterocycles. The molecule has 0 aliphatic heterocycles. The first-order valence-electron chi connectivity index (χ1n) is 7.86. The largest absolute Gasteiger partial charge is 0.489 e. The lowest BCUT2D eigenvalue weighted by Gasteiger charge is -2.13. The van der Waals surface area contributed by atoms with Gasteiger partial charge in [0, 0.05) is 12.6 Å². The van der Waals surface area contributed by atoms with E-state index in [1.165, 1.54) is 26.3 Å². The van der Waals surface area contributed by atoms with Crippen molar-refractivity contribution in [1.82, 2.24) is 5.32 Å². The fraction of sp³-hybridized carbons (Fsp3) is 0.211. The highest BCUT2D eigenvalue weighted by atomic mass is 16.6. The maximum atomic E-state index is 12.1. The molecule has 0 atom stereocenters. The molecule has 0 unspecified atom stereocenters. The van der Waals surface area contributed by atoms with Crippen molar-refractivity contribution in [2.24, 2.45) is 5.16 Å². The molecule has 0 aliphatic carbocycles. The van der Waals surface area contributed by atoms with Gasteiger partial charge in [0.2, 0.25) is 0 Å². The molecule has 0 spiro atoms. The fourth-order valence-electron chi connectivity index (χ4n) is 2.34. The van der Waals surface area contributed by atoms with E-state index in [9.17, 15) is 9.59 Å². The first kappa shape index (κ1) is 19.0. The van der Waals surface area contributed by atoms with Crippen molar-refractivity contribution in [2.75, 3.05) is 14.2 Å². The number of aryl methyl sites for hydroxylation is 1. The standard InChI is InChI=1S/C19H20N2O5/c1-12-8-9-13(19(23)24)10-16(12)26-11-14-6-4-5-7-15(14)17(21-25-3)18(22)20-2/h4-10H,11H2,1-3H3,(H,20,22)(H,23,24)/b21-17-. The Bertz CT molecular complexity index is 846. The molecule has 136 valence electrons. The number of carboxylic acids is 1. The second-order valence-electron chi connectivity index (χ2n) is 5.43. The number of benzene rings is 2. The Hall–Kier alpha value is -3.35. The number of carbonyl (C=O) groups is 2. The second kappa shape index (κ2) is 8.66. The molecule has 0 saturated heterocycles. The van der Waals surface area contributed by atoms with Gasteiger partial charge in [-0.3, -0.25) is 4.79 Å². The summed E-state index contributed by atoms with van der Waals surface area (Å²) < 4.78 is 5.81. The molecule has 2 N–H and O–H groups in total. The van der Waals surface area contributed by atoms with Crippen LogP contribution >= 0.6 is 0 Å². The van der Waals surface area contributed by atoms with Crippen molar-refractivity contribution >= 4 is 17.6 Å². The average Bonchev–Trinajstić information content (AvgIpc) is 2.65. The number of carbonyl (C=O) groups excluding carboxylic acids is 1. The first-order valence-corrected chi connectivity index (χ1v) is 7.86. The van der Waals surface area contributed by atoms with Gasteiger partial charge in [-0.25, -0.2) is 4.79 Å². The summed E-state index contributed by atoms with van der Waals surface area (Å²) in [7, 11) is 2.87. The topological polar surface area (TPSA) is 97.2 Å². The van der Waals surface area contributed by atoms with Crippen LogP contribution in [0, 0.1) is 6.92 Å². The Labute approximate surface area is 151 Å². The van der Waals surface area contributed by atoms with Crippen LogP contribution in [0.1, 0.15) is 27.0 Å². The lowest BCUT2D eigenvalue weighted by Crippen LogP contribution is -2.29. The van der Waals surface area contributed by atoms with Crippen molar-refractivity contribution in [3.63, 3.8) is 0 Å². The molecule has 7 nitrogen and oxygen atoms in total. The van der Waals surface area contributed by atoms with Crippen molar-refractivity contribution in [3.05, 3.63) is 64.7 Å². The number of ether oxygens (including phenoxy) is 1. The van der Waals surface area contributed by atoms with Crippen LogP contribution in [0.25, 0.3) is 0 Å². The summed E-state index contributed by atoms with van der Waals surface area (Å²) in [6, 6.07) is 11.8. The number of hydrogen-bond donors (Lipinski definition) is 2. The number of nitrogens with one attached hydrogen (secondary N) is 1. The Balaban J connectivity index is 2.32. The fourth-order valence-corrected chi connectivity index (χ4v) is 2.34. The van der Waals surface area contributed by atoms with E-state index < -0.39 is 5.97 Å². The molecule has 0 bridgehead atoms. The normalized spacial score (nSPS) is 11.0. The Morgan fingerprint density at radius 3 is 2.58 bits per heavy atom. The van der Waals surface area contributed by atoms with Crippen LogP contribution in [0.2, 0.25) is 0 Å². The van der Waals surface area contributed by atoms with Gasteiger partial charge < -0.3 is 20.0 Å². The predicted molar refractivity (Wildman–Crippen MR) is 96.5 cm³/mol. The lowest BCUT2D eigenvalue weighted by atomic mass is 10.0. The highest BCUT2D eigenvalue weighted by Crippen LogP contribution is 2.22. The van der Waals surface area contributed by atoms with Crippen LogP contribution in [0.15, 0.2) is 47.6 Å². The molecule has 0 saturated carbocycles. The van der Waals surface area contributed by atoms with E-state index in [1.54, 1.807) is 24.3 Å². The number of nitrogens with zero attached hydrogens (tertiary/aromatic N) is 1. The van der Waals surface area contributed by atoms with E-state index >= 15 is 0 Å². The number of aromatic carboxylic acids is 1. The third-order valence-corrected chi connectivity index (χ3v) is 3.72. The summed E-state index contributed by atoms with van der Waals surface area (Å²) in [5, 5.41) is 15.4. The minimum absolute atomic E-state index is 0.130. The minimum atomic E-state index is -1.02. The van der Waals surface area contributed by atoms with Crippen molar-refractivity contribution in [3.8, 4) is 5.75 Å². The SMILES string of the molecule is CNC(=O)/C(=N\OC)c1ccccc1COc1cc(C(=O)O)ccc1C. The Morgan fingerprint density at radius 1 is 1.19 bits per heavy atom. The maximum Gasteiger partial charge on any atom is 0.335 e. The summed E-state index contributed by atoms with van der Waals surface area (Å²) in [5.41, 5.74) is 2.37. The predicted octanol–water partition coefficient (Wildman–Crippen LogP) is 2.37. The molecule has 1 amide bonds. The van der Waals surface area contributed by atoms with Crippen LogP contribution in [-0.2, 0) is 16.2 Å². The smallest absolute Gasteiger partial charge is 0.335 e. The van der Waals surface area contributed by atoms with E-state index in [1.807, 2.05) is 13.0 Å². The molecule has 2 rings (SSSR count). The molecule has 7 heteroatoms. The van der Waals surface area contributed by atoms with Crippen LogP contribution in [0.4, 0.5) is 0 Å². The molecule has 0 fully saturated rings. The minimum Gasteiger partial charge on any atom is -0.489 e. The third-order valence-electron chi connectivity index (χ3n) is 3.72. The number of carboxylic acid groups (broad SMARTS) is 1.